The Labute approximate surface area is 227 Å². The molecule has 0 saturated heterocycles. The molecule has 0 aliphatic carbocycles. The van der Waals surface area contributed by atoms with E-state index in [1.54, 1.807) is 32.6 Å². The molecule has 3 aromatic rings. The number of carbonyl (C=O) groups excluding carboxylic acids is 1. The van der Waals surface area contributed by atoms with Crippen LogP contribution in [-0.2, 0) is 6.61 Å². The molecule has 3 aromatic carbocycles. The minimum atomic E-state index is -0.324. The van der Waals surface area contributed by atoms with Crippen molar-refractivity contribution >= 4 is 79.9 Å². The molecule has 3 rings (SSSR count). The molecule has 166 valence electrons. The lowest BCUT2D eigenvalue weighted by atomic mass is 10.2. The van der Waals surface area contributed by atoms with Crippen LogP contribution in [0.15, 0.2) is 59.7 Å². The van der Waals surface area contributed by atoms with Crippen molar-refractivity contribution in [3.05, 3.63) is 82.0 Å². The van der Waals surface area contributed by atoms with Gasteiger partial charge in [-0.2, -0.15) is 5.10 Å². The molecule has 0 aliphatic heterocycles. The average Bonchev–Trinajstić information content (AvgIpc) is 2.79. The van der Waals surface area contributed by atoms with Gasteiger partial charge in [0, 0.05) is 9.13 Å². The number of benzene rings is 3. The van der Waals surface area contributed by atoms with Crippen LogP contribution in [0.4, 0.5) is 0 Å². The minimum Gasteiger partial charge on any atom is -0.496 e. The van der Waals surface area contributed by atoms with Crippen LogP contribution < -0.4 is 19.6 Å². The summed E-state index contributed by atoms with van der Waals surface area (Å²) in [4.78, 5) is 12.4. The molecule has 0 aliphatic rings. The van der Waals surface area contributed by atoms with Gasteiger partial charge in [0.15, 0.2) is 11.5 Å². The fraction of sp³-hybridized carbons (Fsp3) is 0.130. The fourth-order valence-electron chi connectivity index (χ4n) is 2.72. The number of hydrogen-bond donors (Lipinski definition) is 1. The molecule has 0 fully saturated rings. The molecule has 0 heterocycles. The van der Waals surface area contributed by atoms with Gasteiger partial charge in [0.1, 0.15) is 12.4 Å². The highest BCUT2D eigenvalue weighted by molar-refractivity contribution is 14.1. The monoisotopic (exact) mass is 768 g/mol. The molecule has 0 spiro atoms. The Kier molecular flexibility index (Phi) is 9.40. The van der Waals surface area contributed by atoms with Gasteiger partial charge in [-0.25, -0.2) is 5.43 Å². The molecule has 32 heavy (non-hydrogen) atoms. The topological polar surface area (TPSA) is 69.2 Å². The SMILES string of the molecule is COc1cc(C(=O)N/N=C\c2cc(I)c(OCc3ccc(I)cc3)c(OC)c2)ccc1I. The number of amides is 1. The van der Waals surface area contributed by atoms with E-state index in [0.29, 0.717) is 29.4 Å². The Bertz CT molecular complexity index is 1130. The van der Waals surface area contributed by atoms with Crippen LogP contribution in [0.1, 0.15) is 21.5 Å². The minimum absolute atomic E-state index is 0.324. The van der Waals surface area contributed by atoms with E-state index in [1.807, 2.05) is 42.5 Å². The lowest BCUT2D eigenvalue weighted by Gasteiger charge is -2.13. The molecule has 1 amide bonds. The second-order valence-electron chi connectivity index (χ2n) is 6.50. The second-order valence-corrected chi connectivity index (χ2v) is 10.1. The van der Waals surface area contributed by atoms with Crippen molar-refractivity contribution in [2.24, 2.45) is 5.10 Å². The van der Waals surface area contributed by atoms with E-state index >= 15 is 0 Å². The Morgan fingerprint density at radius 2 is 1.66 bits per heavy atom. The lowest BCUT2D eigenvalue weighted by molar-refractivity contribution is 0.0954. The number of methoxy groups -OCH3 is 2. The van der Waals surface area contributed by atoms with E-state index in [9.17, 15) is 4.79 Å². The first-order chi connectivity index (χ1) is 15.4. The smallest absolute Gasteiger partial charge is 0.271 e. The van der Waals surface area contributed by atoms with Crippen molar-refractivity contribution in [1.82, 2.24) is 5.43 Å². The molecule has 0 aromatic heterocycles. The third kappa shape index (κ3) is 6.70. The van der Waals surface area contributed by atoms with Gasteiger partial charge in [-0.05, 0) is 121 Å². The van der Waals surface area contributed by atoms with Crippen LogP contribution in [0.25, 0.3) is 0 Å². The van der Waals surface area contributed by atoms with Gasteiger partial charge in [-0.1, -0.05) is 12.1 Å². The Morgan fingerprint density at radius 3 is 2.34 bits per heavy atom. The van der Waals surface area contributed by atoms with Crippen molar-refractivity contribution in [2.45, 2.75) is 6.61 Å². The van der Waals surface area contributed by atoms with Crippen molar-refractivity contribution in [3.63, 3.8) is 0 Å². The fourth-order valence-corrected chi connectivity index (χ4v) is 4.42. The molecular formula is C23H19I3N2O4. The highest BCUT2D eigenvalue weighted by atomic mass is 127. The van der Waals surface area contributed by atoms with Crippen LogP contribution in [0.2, 0.25) is 0 Å². The van der Waals surface area contributed by atoms with E-state index in [1.165, 1.54) is 3.57 Å². The van der Waals surface area contributed by atoms with Crippen molar-refractivity contribution in [2.75, 3.05) is 14.2 Å². The molecule has 6 nitrogen and oxygen atoms in total. The molecule has 1 N–H and O–H groups in total. The summed E-state index contributed by atoms with van der Waals surface area (Å²) in [5.74, 6) is 1.58. The zero-order valence-electron chi connectivity index (χ0n) is 17.2. The quantitative estimate of drug-likeness (QED) is 0.177. The Balaban J connectivity index is 1.69. The van der Waals surface area contributed by atoms with Gasteiger partial charge in [0.2, 0.25) is 0 Å². The highest BCUT2D eigenvalue weighted by Crippen LogP contribution is 2.34. The second kappa shape index (κ2) is 12.0. The Hall–Kier alpha value is -1.61. The highest BCUT2D eigenvalue weighted by Gasteiger charge is 2.12. The van der Waals surface area contributed by atoms with Gasteiger partial charge in [-0.15, -0.1) is 0 Å². The first-order valence-electron chi connectivity index (χ1n) is 9.33. The van der Waals surface area contributed by atoms with Gasteiger partial charge in [-0.3, -0.25) is 4.79 Å². The maximum Gasteiger partial charge on any atom is 0.271 e. The van der Waals surface area contributed by atoms with Crippen LogP contribution in [0, 0.1) is 10.7 Å². The predicted octanol–water partition coefficient (Wildman–Crippen LogP) is 5.86. The van der Waals surface area contributed by atoms with Gasteiger partial charge in [0.25, 0.3) is 5.91 Å². The number of hydrazone groups is 1. The molecule has 0 radical (unpaired) electrons. The van der Waals surface area contributed by atoms with Crippen LogP contribution in [-0.4, -0.2) is 26.3 Å². The lowest BCUT2D eigenvalue weighted by Crippen LogP contribution is -2.17. The summed E-state index contributed by atoms with van der Waals surface area (Å²) in [6, 6.07) is 17.1. The van der Waals surface area contributed by atoms with Gasteiger partial charge in [0.05, 0.1) is 27.6 Å². The third-order valence-electron chi connectivity index (χ3n) is 4.34. The van der Waals surface area contributed by atoms with E-state index in [2.05, 4.69) is 78.3 Å². The summed E-state index contributed by atoms with van der Waals surface area (Å²) in [7, 11) is 3.16. The number of nitrogens with one attached hydrogen (secondary N) is 1. The molecule has 0 atom stereocenters. The standard InChI is InChI=1S/C23H19I3N2O4/c1-30-20-11-16(5-8-18(20)25)23(29)28-27-12-15-9-19(26)22(21(10-15)31-2)32-13-14-3-6-17(24)7-4-14/h3-12H,13H2,1-2H3,(H,28,29)/b27-12-. The molecule has 0 saturated carbocycles. The van der Waals surface area contributed by atoms with Crippen molar-refractivity contribution in [3.8, 4) is 17.2 Å². The van der Waals surface area contributed by atoms with Crippen LogP contribution in [0.5, 0.6) is 17.2 Å². The zero-order valence-corrected chi connectivity index (χ0v) is 23.7. The molecule has 0 unspecified atom stereocenters. The zero-order chi connectivity index (χ0) is 23.1. The number of halogens is 3. The number of carbonyl (C=O) groups is 1. The maximum absolute atomic E-state index is 12.4. The van der Waals surface area contributed by atoms with Crippen molar-refractivity contribution < 1.29 is 19.0 Å². The van der Waals surface area contributed by atoms with E-state index in [0.717, 1.165) is 18.3 Å². The molecule has 9 heteroatoms. The first-order valence-corrected chi connectivity index (χ1v) is 12.6. The van der Waals surface area contributed by atoms with Crippen LogP contribution in [0.3, 0.4) is 0 Å². The number of nitrogens with zero attached hydrogens (tertiary/aromatic N) is 1. The normalized spacial score (nSPS) is 10.8. The average molecular weight is 768 g/mol. The van der Waals surface area contributed by atoms with E-state index in [4.69, 9.17) is 14.2 Å². The van der Waals surface area contributed by atoms with Crippen molar-refractivity contribution in [1.29, 1.82) is 0 Å². The van der Waals surface area contributed by atoms with E-state index in [-0.39, 0.29) is 5.91 Å². The van der Waals surface area contributed by atoms with E-state index < -0.39 is 0 Å². The summed E-state index contributed by atoms with van der Waals surface area (Å²) in [6.45, 7) is 0.437. The summed E-state index contributed by atoms with van der Waals surface area (Å²) < 4.78 is 19.8. The summed E-state index contributed by atoms with van der Waals surface area (Å²) in [6.07, 6.45) is 1.56. The summed E-state index contributed by atoms with van der Waals surface area (Å²) in [5, 5.41) is 4.08. The molecular weight excluding hydrogens is 749 g/mol. The van der Waals surface area contributed by atoms with Gasteiger partial charge < -0.3 is 14.2 Å². The summed E-state index contributed by atoms with van der Waals surface area (Å²) in [5.41, 5.74) is 4.85. The summed E-state index contributed by atoms with van der Waals surface area (Å²) >= 11 is 6.62. The number of rotatable bonds is 8. The number of hydrogen-bond acceptors (Lipinski definition) is 5. The largest absolute Gasteiger partial charge is 0.496 e. The van der Waals surface area contributed by atoms with Gasteiger partial charge >= 0.3 is 0 Å². The molecule has 0 bridgehead atoms. The first kappa shape index (κ1) is 25.0. The predicted molar refractivity (Wildman–Crippen MR) is 150 cm³/mol. The van der Waals surface area contributed by atoms with Crippen LogP contribution >= 0.6 is 67.8 Å². The maximum atomic E-state index is 12.4. The number of ether oxygens (including phenoxy) is 3. The third-order valence-corrected chi connectivity index (χ3v) is 6.75. The Morgan fingerprint density at radius 1 is 0.938 bits per heavy atom.